The summed E-state index contributed by atoms with van der Waals surface area (Å²) < 4.78 is 0. The molecule has 0 spiro atoms. The Balaban J connectivity index is 1.86. The van der Waals surface area contributed by atoms with E-state index in [-0.39, 0.29) is 5.91 Å². The second-order valence-electron chi connectivity index (χ2n) is 5.33. The topological polar surface area (TPSA) is 57.3 Å². The van der Waals surface area contributed by atoms with Crippen molar-refractivity contribution in [3.05, 3.63) is 22.3 Å². The summed E-state index contributed by atoms with van der Waals surface area (Å²) in [7, 11) is 1.96. The maximum Gasteiger partial charge on any atom is 0.239 e. The number of nitrogens with zero attached hydrogens (tertiary/aromatic N) is 2. The van der Waals surface area contributed by atoms with Crippen molar-refractivity contribution in [1.29, 1.82) is 0 Å². The summed E-state index contributed by atoms with van der Waals surface area (Å²) in [5.74, 6) is 0.862. The first-order valence-corrected chi connectivity index (χ1v) is 7.82. The Morgan fingerprint density at radius 3 is 3.05 bits per heavy atom. The average Bonchev–Trinajstić information content (AvgIpc) is 2.43. The molecule has 116 valence electrons. The van der Waals surface area contributed by atoms with Crippen molar-refractivity contribution >= 4 is 34.9 Å². The van der Waals surface area contributed by atoms with Gasteiger partial charge < -0.3 is 10.6 Å². The number of nitrogens with one attached hydrogen (secondary N) is 2. The highest BCUT2D eigenvalue weighted by atomic mass is 35.5. The molecule has 0 radical (unpaired) electrons. The van der Waals surface area contributed by atoms with Crippen LogP contribution in [0.5, 0.6) is 0 Å². The van der Waals surface area contributed by atoms with Crippen molar-refractivity contribution in [3.8, 4) is 0 Å². The molecule has 2 rings (SSSR count). The van der Waals surface area contributed by atoms with Gasteiger partial charge in [0.1, 0.15) is 0 Å². The first-order valence-electron chi connectivity index (χ1n) is 7.06. The fourth-order valence-electron chi connectivity index (χ4n) is 2.63. The Morgan fingerprint density at radius 1 is 1.52 bits per heavy atom. The molecule has 1 atom stereocenters. The third-order valence-electron chi connectivity index (χ3n) is 3.53. The van der Waals surface area contributed by atoms with E-state index in [4.69, 9.17) is 23.2 Å². The fraction of sp³-hybridized carbons (Fsp3) is 0.571. The Morgan fingerprint density at radius 2 is 2.33 bits per heavy atom. The second-order valence-corrected chi connectivity index (χ2v) is 6.18. The van der Waals surface area contributed by atoms with Gasteiger partial charge in [-0.1, -0.05) is 23.2 Å². The molecule has 1 aromatic heterocycles. The molecule has 1 fully saturated rings. The van der Waals surface area contributed by atoms with Crippen molar-refractivity contribution in [3.63, 3.8) is 0 Å². The SMILES string of the molecule is CNCC1CCCN(CC(=O)Nc2ncc(Cl)cc2Cl)C1. The number of carbonyl (C=O) groups is 1. The lowest BCUT2D eigenvalue weighted by molar-refractivity contribution is -0.117. The third-order valence-corrected chi connectivity index (χ3v) is 4.02. The Kier molecular flexibility index (Phi) is 6.23. The van der Waals surface area contributed by atoms with Crippen LogP contribution in [0.3, 0.4) is 0 Å². The summed E-state index contributed by atoms with van der Waals surface area (Å²) in [6, 6.07) is 1.57. The second kappa shape index (κ2) is 7.94. The summed E-state index contributed by atoms with van der Waals surface area (Å²) in [4.78, 5) is 18.3. The van der Waals surface area contributed by atoms with E-state index in [0.29, 0.717) is 28.3 Å². The molecule has 21 heavy (non-hydrogen) atoms. The number of hydrogen-bond donors (Lipinski definition) is 2. The molecule has 1 aromatic rings. The zero-order valence-electron chi connectivity index (χ0n) is 12.0. The van der Waals surface area contributed by atoms with Gasteiger partial charge in [0.15, 0.2) is 5.82 Å². The van der Waals surface area contributed by atoms with Gasteiger partial charge in [0.05, 0.1) is 16.6 Å². The van der Waals surface area contributed by atoms with Crippen LogP contribution in [0, 0.1) is 5.92 Å². The molecule has 0 saturated carbocycles. The van der Waals surface area contributed by atoms with Crippen molar-refractivity contribution in [2.45, 2.75) is 12.8 Å². The minimum absolute atomic E-state index is 0.100. The van der Waals surface area contributed by atoms with Crippen molar-refractivity contribution in [2.75, 3.05) is 38.5 Å². The summed E-state index contributed by atoms with van der Waals surface area (Å²) in [5, 5.41) is 6.73. The van der Waals surface area contributed by atoms with Crippen LogP contribution in [0.15, 0.2) is 12.3 Å². The normalized spacial score (nSPS) is 19.5. The number of halogens is 2. The third kappa shape index (κ3) is 5.11. The van der Waals surface area contributed by atoms with Gasteiger partial charge >= 0.3 is 0 Å². The fourth-order valence-corrected chi connectivity index (χ4v) is 3.06. The van der Waals surface area contributed by atoms with Gasteiger partial charge in [-0.25, -0.2) is 4.98 Å². The highest BCUT2D eigenvalue weighted by Gasteiger charge is 2.21. The highest BCUT2D eigenvalue weighted by Crippen LogP contribution is 2.22. The molecule has 2 heterocycles. The van der Waals surface area contributed by atoms with Crippen LogP contribution in [0.4, 0.5) is 5.82 Å². The van der Waals surface area contributed by atoms with Gasteiger partial charge in [-0.05, 0) is 45.0 Å². The number of amides is 1. The van der Waals surface area contributed by atoms with Gasteiger partial charge in [0.2, 0.25) is 5.91 Å². The minimum Gasteiger partial charge on any atom is -0.319 e. The number of hydrogen-bond acceptors (Lipinski definition) is 4. The number of aromatic nitrogens is 1. The number of pyridine rings is 1. The zero-order valence-corrected chi connectivity index (χ0v) is 13.5. The van der Waals surface area contributed by atoms with Crippen LogP contribution < -0.4 is 10.6 Å². The lowest BCUT2D eigenvalue weighted by atomic mass is 9.98. The van der Waals surface area contributed by atoms with Crippen LogP contribution in [-0.2, 0) is 4.79 Å². The molecular weight excluding hydrogens is 311 g/mol. The van der Waals surface area contributed by atoms with E-state index >= 15 is 0 Å². The predicted molar refractivity (Wildman–Crippen MR) is 86.0 cm³/mol. The van der Waals surface area contributed by atoms with E-state index in [9.17, 15) is 4.79 Å². The molecular formula is C14H20Cl2N4O. The molecule has 0 aliphatic carbocycles. The van der Waals surface area contributed by atoms with Gasteiger partial charge in [-0.3, -0.25) is 9.69 Å². The van der Waals surface area contributed by atoms with Crippen LogP contribution in [0.1, 0.15) is 12.8 Å². The maximum atomic E-state index is 12.1. The molecule has 0 aromatic carbocycles. The van der Waals surface area contributed by atoms with Gasteiger partial charge in [-0.2, -0.15) is 0 Å². The number of anilines is 1. The maximum absolute atomic E-state index is 12.1. The Hall–Kier alpha value is -0.880. The molecule has 1 unspecified atom stereocenters. The monoisotopic (exact) mass is 330 g/mol. The van der Waals surface area contributed by atoms with Crippen molar-refractivity contribution < 1.29 is 4.79 Å². The van der Waals surface area contributed by atoms with E-state index in [2.05, 4.69) is 20.5 Å². The minimum atomic E-state index is -0.100. The zero-order chi connectivity index (χ0) is 15.2. The molecule has 0 bridgehead atoms. The Bertz CT molecular complexity index is 496. The summed E-state index contributed by atoms with van der Waals surface area (Å²) in [6.45, 7) is 3.25. The lowest BCUT2D eigenvalue weighted by Crippen LogP contribution is -2.42. The average molecular weight is 331 g/mol. The predicted octanol–water partition coefficient (Wildman–Crippen LogP) is 2.26. The van der Waals surface area contributed by atoms with E-state index in [0.717, 1.165) is 26.1 Å². The smallest absolute Gasteiger partial charge is 0.239 e. The van der Waals surface area contributed by atoms with Crippen LogP contribution in [0.2, 0.25) is 10.0 Å². The van der Waals surface area contributed by atoms with Gasteiger partial charge in [0.25, 0.3) is 0 Å². The molecule has 1 saturated heterocycles. The first kappa shape index (κ1) is 16.5. The Labute approximate surface area is 135 Å². The number of piperidine rings is 1. The highest BCUT2D eigenvalue weighted by molar-refractivity contribution is 6.36. The molecule has 1 amide bonds. The van der Waals surface area contributed by atoms with Crippen LogP contribution >= 0.6 is 23.2 Å². The summed E-state index contributed by atoms with van der Waals surface area (Å²) in [6.07, 6.45) is 3.80. The molecule has 1 aliphatic rings. The van der Waals surface area contributed by atoms with Crippen LogP contribution in [-0.4, -0.2) is 49.0 Å². The summed E-state index contributed by atoms with van der Waals surface area (Å²) >= 11 is 11.8. The quantitative estimate of drug-likeness (QED) is 0.869. The first-order chi connectivity index (χ1) is 10.1. The van der Waals surface area contributed by atoms with E-state index < -0.39 is 0 Å². The molecule has 7 heteroatoms. The number of likely N-dealkylation sites (tertiary alicyclic amines) is 1. The van der Waals surface area contributed by atoms with Crippen molar-refractivity contribution in [2.24, 2.45) is 5.92 Å². The number of rotatable bonds is 5. The van der Waals surface area contributed by atoms with E-state index in [1.165, 1.54) is 12.6 Å². The molecule has 1 aliphatic heterocycles. The largest absolute Gasteiger partial charge is 0.319 e. The standard InChI is InChI=1S/C14H20Cl2N4O/c1-17-6-10-3-2-4-20(8-10)9-13(21)19-14-12(16)5-11(15)7-18-14/h5,7,10,17H,2-4,6,8-9H2,1H3,(H,18,19,21). The van der Waals surface area contributed by atoms with E-state index in [1.54, 1.807) is 6.07 Å². The molecule has 2 N–H and O–H groups in total. The van der Waals surface area contributed by atoms with Gasteiger partial charge in [-0.15, -0.1) is 0 Å². The number of carbonyl (C=O) groups excluding carboxylic acids is 1. The summed E-state index contributed by atoms with van der Waals surface area (Å²) in [5.41, 5.74) is 0. The van der Waals surface area contributed by atoms with Gasteiger partial charge in [0, 0.05) is 12.7 Å². The lowest BCUT2D eigenvalue weighted by Gasteiger charge is -2.32. The van der Waals surface area contributed by atoms with Crippen LogP contribution in [0.25, 0.3) is 0 Å². The molecule has 5 nitrogen and oxygen atoms in total. The van der Waals surface area contributed by atoms with E-state index in [1.807, 2.05) is 7.05 Å². The van der Waals surface area contributed by atoms with Crippen molar-refractivity contribution in [1.82, 2.24) is 15.2 Å².